The van der Waals surface area contributed by atoms with Crippen molar-refractivity contribution in [2.24, 2.45) is 0 Å². The summed E-state index contributed by atoms with van der Waals surface area (Å²) in [4.78, 5) is 8.87. The highest BCUT2D eigenvalue weighted by molar-refractivity contribution is 6.34. The third kappa shape index (κ3) is 5.71. The number of rotatable bonds is 6. The van der Waals surface area contributed by atoms with Crippen molar-refractivity contribution in [1.29, 1.82) is 0 Å². The highest BCUT2D eigenvalue weighted by Gasteiger charge is 2.09. The summed E-state index contributed by atoms with van der Waals surface area (Å²) in [7, 11) is -2.06. The average Bonchev–Trinajstić information content (AvgIpc) is 1.97. The zero-order valence-electron chi connectivity index (χ0n) is 5.75. The van der Waals surface area contributed by atoms with E-state index in [1.54, 1.807) is 12.2 Å². The van der Waals surface area contributed by atoms with Gasteiger partial charge in [0, 0.05) is 0 Å². The molecule has 0 saturated carbocycles. The van der Waals surface area contributed by atoms with Gasteiger partial charge in [0.15, 0.2) is 0 Å². The minimum Gasteiger partial charge on any atom is -0.387 e. The molecule has 0 bridgehead atoms. The van der Waals surface area contributed by atoms with Crippen molar-refractivity contribution in [3.63, 3.8) is 0 Å². The molecule has 4 heteroatoms. The smallest absolute Gasteiger partial charge is 0.387 e. The predicted molar refractivity (Wildman–Crippen MR) is 40.3 cm³/mol. The molecule has 1 N–H and O–H groups in total. The summed E-state index contributed by atoms with van der Waals surface area (Å²) in [6.07, 6.45) is 3.11. The van der Waals surface area contributed by atoms with Crippen LogP contribution in [0.2, 0.25) is 0 Å². The Labute approximate surface area is 62.6 Å². The van der Waals surface area contributed by atoms with Crippen molar-refractivity contribution in [2.75, 3.05) is 13.2 Å². The molecule has 0 saturated heterocycles. The van der Waals surface area contributed by atoms with E-state index in [2.05, 4.69) is 13.2 Å². The van der Waals surface area contributed by atoms with Crippen molar-refractivity contribution in [3.8, 4) is 0 Å². The molecule has 3 nitrogen and oxygen atoms in total. The minimum absolute atomic E-state index is 0.321. The summed E-state index contributed by atoms with van der Waals surface area (Å²) in [6.45, 7) is 7.48. The lowest BCUT2D eigenvalue weighted by molar-refractivity contribution is 0.160. The first-order valence-electron chi connectivity index (χ1n) is 2.84. The lowest BCUT2D eigenvalue weighted by Crippen LogP contribution is -2.22. The first-order chi connectivity index (χ1) is 4.81. The first-order valence-corrected chi connectivity index (χ1v) is 4.11. The van der Waals surface area contributed by atoms with E-state index >= 15 is 0 Å². The maximum atomic E-state index is 8.87. The molecule has 0 aliphatic rings. The van der Waals surface area contributed by atoms with Crippen LogP contribution < -0.4 is 0 Å². The summed E-state index contributed by atoms with van der Waals surface area (Å²) in [6, 6.07) is 0. The van der Waals surface area contributed by atoms with Crippen molar-refractivity contribution in [1.82, 2.24) is 0 Å². The number of hydrogen-bond acceptors (Lipinski definition) is 3. The van der Waals surface area contributed by atoms with Crippen molar-refractivity contribution in [3.05, 3.63) is 25.3 Å². The van der Waals surface area contributed by atoms with E-state index in [4.69, 9.17) is 13.6 Å². The highest BCUT2D eigenvalue weighted by atomic mass is 28.3. The van der Waals surface area contributed by atoms with Crippen LogP contribution >= 0.6 is 0 Å². The van der Waals surface area contributed by atoms with Gasteiger partial charge in [-0.1, -0.05) is 12.2 Å². The van der Waals surface area contributed by atoms with Gasteiger partial charge in [0.25, 0.3) is 0 Å². The Hall–Kier alpha value is -0.423. The second kappa shape index (κ2) is 6.69. The van der Waals surface area contributed by atoms with E-state index in [9.17, 15) is 0 Å². The van der Waals surface area contributed by atoms with Gasteiger partial charge in [-0.15, -0.1) is 13.2 Å². The van der Waals surface area contributed by atoms with Gasteiger partial charge >= 0.3 is 9.53 Å². The van der Waals surface area contributed by atoms with Gasteiger partial charge in [-0.3, -0.25) is 0 Å². The molecule has 0 amide bonds. The van der Waals surface area contributed by atoms with Gasteiger partial charge in [-0.05, 0) is 0 Å². The van der Waals surface area contributed by atoms with E-state index in [1.807, 2.05) is 0 Å². The van der Waals surface area contributed by atoms with E-state index in [-0.39, 0.29) is 0 Å². The monoisotopic (exact) mass is 159 g/mol. The first kappa shape index (κ1) is 9.58. The molecule has 1 radical (unpaired) electrons. The lowest BCUT2D eigenvalue weighted by Gasteiger charge is -2.03. The third-order valence-corrected chi connectivity index (χ3v) is 1.48. The Bertz CT molecular complexity index is 93.2. The molecule has 10 heavy (non-hydrogen) atoms. The minimum atomic E-state index is -2.06. The summed E-state index contributed by atoms with van der Waals surface area (Å²) >= 11 is 0. The second-order valence-corrected chi connectivity index (χ2v) is 2.57. The normalized spacial score (nSPS) is 9.80. The topological polar surface area (TPSA) is 38.7 Å². The van der Waals surface area contributed by atoms with Crippen LogP contribution in [0.15, 0.2) is 25.3 Å². The van der Waals surface area contributed by atoms with E-state index in [0.717, 1.165) is 0 Å². The Morgan fingerprint density at radius 1 is 1.20 bits per heavy atom. The molecule has 0 aliphatic heterocycles. The predicted octanol–water partition coefficient (Wildman–Crippen LogP) is 0.369. The Morgan fingerprint density at radius 2 is 1.60 bits per heavy atom. The fraction of sp³-hybridized carbons (Fsp3) is 0.333. The molecule has 0 aromatic carbocycles. The van der Waals surface area contributed by atoms with Crippen LogP contribution in [-0.4, -0.2) is 27.5 Å². The van der Waals surface area contributed by atoms with Gasteiger partial charge in [0.2, 0.25) is 0 Å². The molecular formula is C6H11O3Si. The van der Waals surface area contributed by atoms with Crippen LogP contribution in [0.1, 0.15) is 0 Å². The molecule has 0 aliphatic carbocycles. The van der Waals surface area contributed by atoms with E-state index in [1.165, 1.54) is 0 Å². The van der Waals surface area contributed by atoms with Gasteiger partial charge in [0.1, 0.15) is 0 Å². The maximum Gasteiger partial charge on any atom is 0.575 e. The van der Waals surface area contributed by atoms with Crippen LogP contribution in [0.5, 0.6) is 0 Å². The quantitative estimate of drug-likeness (QED) is 0.449. The van der Waals surface area contributed by atoms with Crippen LogP contribution in [0.3, 0.4) is 0 Å². The molecule has 0 atom stereocenters. The van der Waals surface area contributed by atoms with Crippen LogP contribution in [0, 0.1) is 0 Å². The van der Waals surface area contributed by atoms with Crippen LogP contribution in [0.25, 0.3) is 0 Å². The van der Waals surface area contributed by atoms with Crippen molar-refractivity contribution >= 4 is 9.53 Å². The Kier molecular flexibility index (Phi) is 6.41. The standard InChI is InChI=1S/C6H11O3Si/c1-3-5-8-10(7)9-6-4-2/h3-4,7H,1-2,5-6H2. The summed E-state index contributed by atoms with van der Waals surface area (Å²) in [5.41, 5.74) is 0. The molecule has 0 unspecified atom stereocenters. The zero-order valence-corrected chi connectivity index (χ0v) is 6.75. The largest absolute Gasteiger partial charge is 0.575 e. The second-order valence-electron chi connectivity index (χ2n) is 1.47. The SMILES string of the molecule is C=CCO[Si](O)OCC=C. The number of hydrogen-bond donors (Lipinski definition) is 1. The fourth-order valence-electron chi connectivity index (χ4n) is 0.302. The van der Waals surface area contributed by atoms with Gasteiger partial charge < -0.3 is 13.6 Å². The van der Waals surface area contributed by atoms with E-state index < -0.39 is 9.53 Å². The molecular weight excluding hydrogens is 148 g/mol. The highest BCUT2D eigenvalue weighted by Crippen LogP contribution is 1.84. The summed E-state index contributed by atoms with van der Waals surface area (Å²) < 4.78 is 9.53. The Morgan fingerprint density at radius 3 is 1.90 bits per heavy atom. The van der Waals surface area contributed by atoms with Gasteiger partial charge in [-0.2, -0.15) is 0 Å². The molecule has 57 valence electrons. The van der Waals surface area contributed by atoms with Crippen molar-refractivity contribution in [2.45, 2.75) is 0 Å². The molecule has 0 heterocycles. The third-order valence-electron chi connectivity index (χ3n) is 0.649. The molecule has 0 fully saturated rings. The fourth-order valence-corrected chi connectivity index (χ4v) is 0.906. The molecule has 0 aromatic heterocycles. The van der Waals surface area contributed by atoms with E-state index in [0.29, 0.717) is 13.2 Å². The zero-order chi connectivity index (χ0) is 7.82. The summed E-state index contributed by atoms with van der Waals surface area (Å²) in [5, 5.41) is 0. The van der Waals surface area contributed by atoms with Crippen LogP contribution in [-0.2, 0) is 8.85 Å². The lowest BCUT2D eigenvalue weighted by atomic mass is 10.7. The maximum absolute atomic E-state index is 8.87. The van der Waals surface area contributed by atoms with Crippen LogP contribution in [0.4, 0.5) is 0 Å². The molecule has 0 spiro atoms. The average molecular weight is 159 g/mol. The summed E-state index contributed by atoms with van der Waals surface area (Å²) in [5.74, 6) is 0. The molecule has 0 aromatic rings. The van der Waals surface area contributed by atoms with Gasteiger partial charge in [-0.25, -0.2) is 0 Å². The Balaban J connectivity index is 3.15. The molecule has 0 rings (SSSR count). The van der Waals surface area contributed by atoms with Gasteiger partial charge in [0.05, 0.1) is 13.2 Å². The van der Waals surface area contributed by atoms with Crippen molar-refractivity contribution < 1.29 is 13.6 Å².